The fourth-order valence-electron chi connectivity index (χ4n) is 3.88. The summed E-state index contributed by atoms with van der Waals surface area (Å²) in [6.07, 6.45) is 0. The van der Waals surface area contributed by atoms with E-state index in [1.54, 1.807) is 24.3 Å². The van der Waals surface area contributed by atoms with Crippen molar-refractivity contribution < 1.29 is 14.3 Å². The third-order valence-corrected chi connectivity index (χ3v) is 5.88. The molecule has 0 aliphatic carbocycles. The largest absolute Gasteiger partial charge is 0.379 e. The lowest BCUT2D eigenvalue weighted by Crippen LogP contribution is -2.35. The molecular formula is C27H28N2O3. The van der Waals surface area contributed by atoms with Crippen LogP contribution in [-0.4, -0.2) is 42.9 Å². The van der Waals surface area contributed by atoms with Crippen LogP contribution in [0.25, 0.3) is 0 Å². The molecule has 0 saturated carbocycles. The molecule has 5 nitrogen and oxygen atoms in total. The summed E-state index contributed by atoms with van der Waals surface area (Å²) in [5, 5.41) is 2.97. The van der Waals surface area contributed by atoms with Gasteiger partial charge in [-0.3, -0.25) is 14.5 Å². The van der Waals surface area contributed by atoms with Gasteiger partial charge in [-0.1, -0.05) is 42.5 Å². The van der Waals surface area contributed by atoms with Crippen LogP contribution >= 0.6 is 0 Å². The van der Waals surface area contributed by atoms with Crippen LogP contribution in [0.1, 0.15) is 43.0 Å². The van der Waals surface area contributed by atoms with E-state index in [1.807, 2.05) is 50.2 Å². The number of morpholine rings is 1. The second-order valence-electron chi connectivity index (χ2n) is 8.22. The highest BCUT2D eigenvalue weighted by atomic mass is 16.5. The summed E-state index contributed by atoms with van der Waals surface area (Å²) in [7, 11) is 0. The molecular weight excluding hydrogens is 400 g/mol. The van der Waals surface area contributed by atoms with Crippen LogP contribution in [0.4, 0.5) is 5.69 Å². The summed E-state index contributed by atoms with van der Waals surface area (Å²) in [6.45, 7) is 8.13. The van der Waals surface area contributed by atoms with Crippen LogP contribution in [0.15, 0.2) is 66.7 Å². The molecule has 4 rings (SSSR count). The minimum atomic E-state index is -0.290. The number of carbonyl (C=O) groups excluding carboxylic acids is 2. The number of aryl methyl sites for hydroxylation is 2. The number of anilines is 1. The standard InChI is InChI=1S/C27H28N2O3/c1-19-10-11-22(16-20(19)2)26(30)24-8-3-4-9-25(24)27(31)28-23-7-5-6-21(17-23)18-29-12-14-32-15-13-29/h3-11,16-17H,12-15,18H2,1-2H3,(H,28,31). The van der Waals surface area contributed by atoms with E-state index in [9.17, 15) is 9.59 Å². The van der Waals surface area contributed by atoms with Crippen molar-refractivity contribution in [2.75, 3.05) is 31.6 Å². The van der Waals surface area contributed by atoms with Crippen LogP contribution in [0.3, 0.4) is 0 Å². The Hall–Kier alpha value is -3.28. The number of nitrogens with one attached hydrogen (secondary N) is 1. The van der Waals surface area contributed by atoms with Crippen LogP contribution in [0.5, 0.6) is 0 Å². The molecule has 0 radical (unpaired) electrons. The molecule has 0 aromatic heterocycles. The number of rotatable bonds is 6. The molecule has 3 aromatic carbocycles. The fourth-order valence-corrected chi connectivity index (χ4v) is 3.88. The first-order valence-corrected chi connectivity index (χ1v) is 10.9. The highest BCUT2D eigenvalue weighted by Gasteiger charge is 2.19. The van der Waals surface area contributed by atoms with Crippen molar-refractivity contribution in [3.05, 3.63) is 100 Å². The molecule has 1 N–H and O–H groups in total. The molecule has 32 heavy (non-hydrogen) atoms. The van der Waals surface area contributed by atoms with Crippen molar-refractivity contribution in [3.8, 4) is 0 Å². The Morgan fingerprint density at radius 2 is 1.62 bits per heavy atom. The lowest BCUT2D eigenvalue weighted by molar-refractivity contribution is 0.0342. The second-order valence-corrected chi connectivity index (χ2v) is 8.22. The van der Waals surface area contributed by atoms with Crippen LogP contribution in [0.2, 0.25) is 0 Å². The SMILES string of the molecule is Cc1ccc(C(=O)c2ccccc2C(=O)Nc2cccc(CN3CCOCC3)c2)cc1C. The minimum Gasteiger partial charge on any atom is -0.379 e. The van der Waals surface area contributed by atoms with Gasteiger partial charge in [0.25, 0.3) is 5.91 Å². The van der Waals surface area contributed by atoms with E-state index in [4.69, 9.17) is 4.74 Å². The van der Waals surface area contributed by atoms with Gasteiger partial charge in [-0.25, -0.2) is 0 Å². The lowest BCUT2D eigenvalue weighted by Gasteiger charge is -2.26. The number of ketones is 1. The van der Waals surface area contributed by atoms with Crippen LogP contribution < -0.4 is 5.32 Å². The zero-order valence-electron chi connectivity index (χ0n) is 18.6. The monoisotopic (exact) mass is 428 g/mol. The van der Waals surface area contributed by atoms with Gasteiger partial charge in [0.2, 0.25) is 0 Å². The molecule has 1 aliphatic heterocycles. The van der Waals surface area contributed by atoms with Gasteiger partial charge >= 0.3 is 0 Å². The highest BCUT2D eigenvalue weighted by Crippen LogP contribution is 2.20. The maximum absolute atomic E-state index is 13.2. The van der Waals surface area contributed by atoms with Crippen LogP contribution in [-0.2, 0) is 11.3 Å². The first-order chi connectivity index (χ1) is 15.5. The summed E-state index contributed by atoms with van der Waals surface area (Å²) in [6, 6.07) is 20.5. The molecule has 0 spiro atoms. The first kappa shape index (κ1) is 21.9. The molecule has 5 heteroatoms. The molecule has 1 fully saturated rings. The van der Waals surface area contributed by atoms with Crippen molar-refractivity contribution in [2.45, 2.75) is 20.4 Å². The zero-order chi connectivity index (χ0) is 22.5. The topological polar surface area (TPSA) is 58.6 Å². The first-order valence-electron chi connectivity index (χ1n) is 10.9. The number of ether oxygens (including phenoxy) is 1. The maximum Gasteiger partial charge on any atom is 0.256 e. The van der Waals surface area contributed by atoms with Gasteiger partial charge in [0.1, 0.15) is 0 Å². The summed E-state index contributed by atoms with van der Waals surface area (Å²) < 4.78 is 5.41. The van der Waals surface area contributed by atoms with Gasteiger partial charge in [-0.2, -0.15) is 0 Å². The Morgan fingerprint density at radius 3 is 2.38 bits per heavy atom. The second kappa shape index (κ2) is 9.90. The number of hydrogen-bond donors (Lipinski definition) is 1. The van der Waals surface area contributed by atoms with Crippen LogP contribution in [0, 0.1) is 13.8 Å². The third kappa shape index (κ3) is 5.13. The average Bonchev–Trinajstić information content (AvgIpc) is 2.81. The number of hydrogen-bond acceptors (Lipinski definition) is 4. The predicted octanol–water partition coefficient (Wildman–Crippen LogP) is 4.62. The normalized spacial score (nSPS) is 14.2. The van der Waals surface area contributed by atoms with Gasteiger partial charge in [0.05, 0.1) is 18.8 Å². The summed E-state index contributed by atoms with van der Waals surface area (Å²) in [4.78, 5) is 28.6. The van der Waals surface area contributed by atoms with E-state index in [1.165, 1.54) is 0 Å². The van der Waals surface area contributed by atoms with E-state index in [0.717, 1.165) is 49.5 Å². The van der Waals surface area contributed by atoms with Gasteiger partial charge < -0.3 is 10.1 Å². The van der Waals surface area contributed by atoms with E-state index in [0.29, 0.717) is 22.4 Å². The molecule has 1 amide bonds. The quantitative estimate of drug-likeness (QED) is 0.582. The zero-order valence-corrected chi connectivity index (χ0v) is 18.6. The van der Waals surface area contributed by atoms with Crippen molar-refractivity contribution in [1.82, 2.24) is 4.90 Å². The van der Waals surface area contributed by atoms with Gasteiger partial charge in [-0.05, 0) is 54.8 Å². The summed E-state index contributed by atoms with van der Waals surface area (Å²) in [5.74, 6) is -0.443. The smallest absolute Gasteiger partial charge is 0.256 e. The molecule has 0 unspecified atom stereocenters. The van der Waals surface area contributed by atoms with E-state index in [-0.39, 0.29) is 11.7 Å². The highest BCUT2D eigenvalue weighted by molar-refractivity contribution is 6.17. The third-order valence-electron chi connectivity index (χ3n) is 5.88. The van der Waals surface area contributed by atoms with Gasteiger partial charge in [0, 0.05) is 36.4 Å². The van der Waals surface area contributed by atoms with Crippen molar-refractivity contribution in [2.24, 2.45) is 0 Å². The van der Waals surface area contributed by atoms with E-state index in [2.05, 4.69) is 16.3 Å². The Labute approximate surface area is 189 Å². The molecule has 1 heterocycles. The maximum atomic E-state index is 13.2. The number of nitrogens with zero attached hydrogens (tertiary/aromatic N) is 1. The Kier molecular flexibility index (Phi) is 6.78. The van der Waals surface area contributed by atoms with E-state index >= 15 is 0 Å². The number of carbonyl (C=O) groups is 2. The van der Waals surface area contributed by atoms with E-state index < -0.39 is 0 Å². The Balaban J connectivity index is 1.52. The van der Waals surface area contributed by atoms with Gasteiger partial charge in [0.15, 0.2) is 5.78 Å². The molecule has 0 atom stereocenters. The molecule has 1 aliphatic rings. The average molecular weight is 429 g/mol. The number of benzene rings is 3. The molecule has 3 aromatic rings. The molecule has 0 bridgehead atoms. The van der Waals surface area contributed by atoms with Crippen molar-refractivity contribution >= 4 is 17.4 Å². The summed E-state index contributed by atoms with van der Waals surface area (Å²) in [5.41, 5.74) is 5.38. The fraction of sp³-hybridized carbons (Fsp3) is 0.259. The Morgan fingerprint density at radius 1 is 0.875 bits per heavy atom. The molecule has 1 saturated heterocycles. The minimum absolute atomic E-state index is 0.153. The number of amides is 1. The predicted molar refractivity (Wildman–Crippen MR) is 126 cm³/mol. The lowest BCUT2D eigenvalue weighted by atomic mass is 9.95. The van der Waals surface area contributed by atoms with Gasteiger partial charge in [-0.15, -0.1) is 0 Å². The molecule has 164 valence electrons. The Bertz CT molecular complexity index is 1130. The van der Waals surface area contributed by atoms with Crippen molar-refractivity contribution in [3.63, 3.8) is 0 Å². The van der Waals surface area contributed by atoms with Crippen molar-refractivity contribution in [1.29, 1.82) is 0 Å². The summed E-state index contributed by atoms with van der Waals surface area (Å²) >= 11 is 0.